The number of para-hydroxylation sites is 1. The predicted molar refractivity (Wildman–Crippen MR) is 88.8 cm³/mol. The van der Waals surface area contributed by atoms with Gasteiger partial charge in [0, 0.05) is 23.7 Å². The summed E-state index contributed by atoms with van der Waals surface area (Å²) in [7, 11) is 1.89. The highest BCUT2D eigenvalue weighted by molar-refractivity contribution is 6.37. The zero-order valence-corrected chi connectivity index (χ0v) is 13.2. The zero-order chi connectivity index (χ0) is 15.0. The van der Waals surface area contributed by atoms with E-state index in [0.29, 0.717) is 16.0 Å². The Kier molecular flexibility index (Phi) is 3.70. The largest absolute Gasteiger partial charge is 0.312 e. The summed E-state index contributed by atoms with van der Waals surface area (Å²) in [5, 5.41) is 2.27. The summed E-state index contributed by atoms with van der Waals surface area (Å²) in [6, 6.07) is 11.6. The molecule has 3 aromatic rings. The third kappa shape index (κ3) is 2.55. The minimum absolute atomic E-state index is 0.595. The Balaban J connectivity index is 2.08. The summed E-state index contributed by atoms with van der Waals surface area (Å²) in [4.78, 5) is 10.8. The third-order valence-electron chi connectivity index (χ3n) is 3.44. The van der Waals surface area contributed by atoms with Gasteiger partial charge in [-0.1, -0.05) is 41.4 Å². The van der Waals surface area contributed by atoms with Crippen LogP contribution in [-0.2, 0) is 0 Å². The normalized spacial score (nSPS) is 10.9. The number of halogens is 2. The number of hydrogen-bond acceptors (Lipinski definition) is 3. The number of fused-ring (bicyclic) bond motifs is 1. The average Bonchev–Trinajstić information content (AvgIpc) is 2.52. The molecule has 3 nitrogen and oxygen atoms in total. The van der Waals surface area contributed by atoms with Crippen molar-refractivity contribution in [2.75, 3.05) is 11.9 Å². The van der Waals surface area contributed by atoms with Crippen LogP contribution < -0.4 is 4.90 Å². The molecular weight excluding hydrogens is 305 g/mol. The molecule has 0 N–H and O–H groups in total. The van der Waals surface area contributed by atoms with Gasteiger partial charge < -0.3 is 4.90 Å². The lowest BCUT2D eigenvalue weighted by Crippen LogP contribution is -2.13. The number of anilines is 2. The number of benzene rings is 2. The molecule has 0 aliphatic heterocycles. The molecule has 0 aliphatic rings. The molecule has 0 radical (unpaired) electrons. The van der Waals surface area contributed by atoms with E-state index in [1.807, 2.05) is 61.5 Å². The molecule has 1 aromatic heterocycles. The van der Waals surface area contributed by atoms with Gasteiger partial charge in [-0.25, -0.2) is 9.97 Å². The smallest absolute Gasteiger partial charge is 0.230 e. The maximum atomic E-state index is 6.38. The fourth-order valence-corrected chi connectivity index (χ4v) is 2.64. The van der Waals surface area contributed by atoms with Gasteiger partial charge in [0.15, 0.2) is 0 Å². The van der Waals surface area contributed by atoms with E-state index in [9.17, 15) is 0 Å². The van der Waals surface area contributed by atoms with Gasteiger partial charge >= 0.3 is 0 Å². The SMILES string of the molecule is Cc1c(Cl)ccc(N(C)c2ncc3ccccc3n2)c1Cl. The van der Waals surface area contributed by atoms with E-state index < -0.39 is 0 Å². The molecular formula is C16H13Cl2N3. The molecule has 0 bridgehead atoms. The van der Waals surface area contributed by atoms with Crippen molar-refractivity contribution in [3.63, 3.8) is 0 Å². The van der Waals surface area contributed by atoms with Crippen LogP contribution in [0.15, 0.2) is 42.6 Å². The van der Waals surface area contributed by atoms with Gasteiger partial charge in [-0.3, -0.25) is 0 Å². The van der Waals surface area contributed by atoms with Gasteiger partial charge in [0.25, 0.3) is 0 Å². The quantitative estimate of drug-likeness (QED) is 0.665. The first-order chi connectivity index (χ1) is 10.1. The maximum absolute atomic E-state index is 6.38. The highest BCUT2D eigenvalue weighted by atomic mass is 35.5. The Hall–Kier alpha value is -1.84. The summed E-state index contributed by atoms with van der Waals surface area (Å²) in [6.45, 7) is 1.89. The van der Waals surface area contributed by atoms with Crippen LogP contribution in [0, 0.1) is 6.92 Å². The van der Waals surface area contributed by atoms with E-state index in [2.05, 4.69) is 9.97 Å². The fraction of sp³-hybridized carbons (Fsp3) is 0.125. The number of aromatic nitrogens is 2. The monoisotopic (exact) mass is 317 g/mol. The predicted octanol–water partition coefficient (Wildman–Crippen LogP) is 5.01. The molecule has 1 heterocycles. The minimum atomic E-state index is 0.595. The van der Waals surface area contributed by atoms with Gasteiger partial charge in [-0.2, -0.15) is 0 Å². The second-order valence-electron chi connectivity index (χ2n) is 4.79. The third-order valence-corrected chi connectivity index (χ3v) is 4.32. The lowest BCUT2D eigenvalue weighted by molar-refractivity contribution is 1.06. The first kappa shape index (κ1) is 14.1. The van der Waals surface area contributed by atoms with E-state index in [1.54, 1.807) is 0 Å². The van der Waals surface area contributed by atoms with Crippen LogP contribution in [0.5, 0.6) is 0 Å². The Bertz CT molecular complexity index is 818. The van der Waals surface area contributed by atoms with Crippen molar-refractivity contribution in [3.8, 4) is 0 Å². The molecule has 2 aromatic carbocycles. The molecule has 0 aliphatic carbocycles. The molecule has 106 valence electrons. The summed E-state index contributed by atoms with van der Waals surface area (Å²) < 4.78 is 0. The fourth-order valence-electron chi connectivity index (χ4n) is 2.14. The van der Waals surface area contributed by atoms with Crippen LogP contribution in [0.3, 0.4) is 0 Å². The molecule has 3 rings (SSSR count). The topological polar surface area (TPSA) is 29.0 Å². The molecule has 0 spiro atoms. The van der Waals surface area contributed by atoms with Crippen LogP contribution in [-0.4, -0.2) is 17.0 Å². The van der Waals surface area contributed by atoms with Gasteiger partial charge in [0.1, 0.15) is 0 Å². The average molecular weight is 318 g/mol. The van der Waals surface area contributed by atoms with Crippen LogP contribution in [0.25, 0.3) is 10.9 Å². The Morgan fingerprint density at radius 2 is 1.81 bits per heavy atom. The summed E-state index contributed by atoms with van der Waals surface area (Å²) in [5.41, 5.74) is 2.58. The Morgan fingerprint density at radius 1 is 1.05 bits per heavy atom. The van der Waals surface area contributed by atoms with Crippen molar-refractivity contribution >= 4 is 45.7 Å². The second-order valence-corrected chi connectivity index (χ2v) is 5.58. The van der Waals surface area contributed by atoms with Crippen molar-refractivity contribution in [1.82, 2.24) is 9.97 Å². The van der Waals surface area contributed by atoms with E-state index in [0.717, 1.165) is 22.2 Å². The van der Waals surface area contributed by atoms with Crippen molar-refractivity contribution in [2.24, 2.45) is 0 Å². The van der Waals surface area contributed by atoms with Crippen LogP contribution in [0.4, 0.5) is 11.6 Å². The van der Waals surface area contributed by atoms with E-state index in [4.69, 9.17) is 23.2 Å². The summed E-state index contributed by atoms with van der Waals surface area (Å²) in [6.07, 6.45) is 1.81. The highest BCUT2D eigenvalue weighted by Gasteiger charge is 2.14. The standard InChI is InChI=1S/C16H13Cl2N3/c1-10-12(17)7-8-14(15(10)18)21(2)16-19-9-11-5-3-4-6-13(11)20-16/h3-9H,1-2H3. The molecule has 5 heteroatoms. The lowest BCUT2D eigenvalue weighted by atomic mass is 10.2. The van der Waals surface area contributed by atoms with E-state index in [-0.39, 0.29) is 0 Å². The van der Waals surface area contributed by atoms with Crippen molar-refractivity contribution in [2.45, 2.75) is 6.92 Å². The van der Waals surface area contributed by atoms with Gasteiger partial charge in [0.2, 0.25) is 5.95 Å². The van der Waals surface area contributed by atoms with Crippen molar-refractivity contribution in [3.05, 3.63) is 58.2 Å². The molecule has 0 saturated heterocycles. The number of rotatable bonds is 2. The molecule has 0 amide bonds. The van der Waals surface area contributed by atoms with Crippen LogP contribution in [0.2, 0.25) is 10.0 Å². The van der Waals surface area contributed by atoms with Gasteiger partial charge in [0.05, 0.1) is 16.2 Å². The first-order valence-corrected chi connectivity index (χ1v) is 7.23. The minimum Gasteiger partial charge on any atom is -0.312 e. The molecule has 0 atom stereocenters. The van der Waals surface area contributed by atoms with E-state index >= 15 is 0 Å². The Morgan fingerprint density at radius 3 is 2.62 bits per heavy atom. The second kappa shape index (κ2) is 5.51. The molecule has 21 heavy (non-hydrogen) atoms. The van der Waals surface area contributed by atoms with Crippen LogP contribution >= 0.6 is 23.2 Å². The highest BCUT2D eigenvalue weighted by Crippen LogP contribution is 2.35. The number of nitrogens with zero attached hydrogens (tertiary/aromatic N) is 3. The van der Waals surface area contributed by atoms with Crippen LogP contribution in [0.1, 0.15) is 5.56 Å². The molecule has 0 saturated carbocycles. The van der Waals surface area contributed by atoms with Gasteiger partial charge in [-0.05, 0) is 30.7 Å². The van der Waals surface area contributed by atoms with E-state index in [1.165, 1.54) is 0 Å². The summed E-state index contributed by atoms with van der Waals surface area (Å²) >= 11 is 12.5. The first-order valence-electron chi connectivity index (χ1n) is 6.48. The lowest BCUT2D eigenvalue weighted by Gasteiger charge is -2.20. The molecule has 0 fully saturated rings. The van der Waals surface area contributed by atoms with Crippen molar-refractivity contribution in [1.29, 1.82) is 0 Å². The Labute approximate surface area is 133 Å². The maximum Gasteiger partial charge on any atom is 0.230 e. The van der Waals surface area contributed by atoms with Crippen molar-refractivity contribution < 1.29 is 0 Å². The molecule has 0 unspecified atom stereocenters. The summed E-state index contributed by atoms with van der Waals surface area (Å²) in [5.74, 6) is 0.595. The van der Waals surface area contributed by atoms with Gasteiger partial charge in [-0.15, -0.1) is 0 Å². The number of hydrogen-bond donors (Lipinski definition) is 0. The zero-order valence-electron chi connectivity index (χ0n) is 11.6.